The maximum Gasteiger partial charge on any atom is 0.232 e. The van der Waals surface area contributed by atoms with Gasteiger partial charge in [0.25, 0.3) is 0 Å². The van der Waals surface area contributed by atoms with Gasteiger partial charge in [-0.25, -0.2) is 9.97 Å². The molecule has 2 amide bonds. The second-order valence-corrected chi connectivity index (χ2v) is 8.22. The molecule has 1 aromatic rings. The van der Waals surface area contributed by atoms with Crippen molar-refractivity contribution in [3.63, 3.8) is 0 Å². The van der Waals surface area contributed by atoms with E-state index in [2.05, 4.69) is 14.9 Å². The second kappa shape index (κ2) is 7.92. The molecule has 0 aliphatic carbocycles. The van der Waals surface area contributed by atoms with Gasteiger partial charge in [0.1, 0.15) is 6.33 Å². The van der Waals surface area contributed by atoms with Crippen LogP contribution in [0.3, 0.4) is 0 Å². The summed E-state index contributed by atoms with van der Waals surface area (Å²) in [5.41, 5.74) is 0.666. The highest BCUT2D eigenvalue weighted by Gasteiger charge is 2.54. The number of likely N-dealkylation sites (tertiary alicyclic amines) is 3. The lowest BCUT2D eigenvalue weighted by atomic mass is 9.72. The molecule has 146 valence electrons. The first-order valence-corrected chi connectivity index (χ1v) is 10.2. The molecule has 7 heteroatoms. The Balaban J connectivity index is 1.26. The fourth-order valence-corrected chi connectivity index (χ4v) is 4.71. The number of β-lactam (4-membered cyclic amide) rings is 1. The minimum atomic E-state index is -0.311. The molecule has 1 atom stereocenters. The number of amides is 2. The molecule has 3 fully saturated rings. The van der Waals surface area contributed by atoms with Crippen LogP contribution in [0.4, 0.5) is 0 Å². The Morgan fingerprint density at radius 1 is 1.04 bits per heavy atom. The van der Waals surface area contributed by atoms with Crippen molar-refractivity contribution in [1.82, 2.24) is 24.7 Å². The van der Waals surface area contributed by atoms with E-state index in [-0.39, 0.29) is 17.2 Å². The Kier molecular flexibility index (Phi) is 5.38. The van der Waals surface area contributed by atoms with Crippen molar-refractivity contribution in [2.75, 3.05) is 45.8 Å². The predicted octanol–water partition coefficient (Wildman–Crippen LogP) is 0.956. The van der Waals surface area contributed by atoms with E-state index in [1.165, 1.54) is 32.3 Å². The Hall–Kier alpha value is -2.02. The standard InChI is InChI=1S/C20H29N5O2/c26-18(5-4-17-12-21-16-22-13-17)24-9-3-6-20(14-24)15-25(19(20)27)11-10-23-7-1-2-8-23/h12-13,16H,1-11,14-15H2. The molecule has 1 unspecified atom stereocenters. The third-order valence-electron chi connectivity index (χ3n) is 6.29. The Morgan fingerprint density at radius 3 is 2.56 bits per heavy atom. The minimum Gasteiger partial charge on any atom is -0.342 e. The fourth-order valence-electron chi connectivity index (χ4n) is 4.71. The van der Waals surface area contributed by atoms with E-state index in [1.807, 2.05) is 9.80 Å². The van der Waals surface area contributed by atoms with E-state index >= 15 is 0 Å². The molecular formula is C20H29N5O2. The van der Waals surface area contributed by atoms with Gasteiger partial charge in [-0.1, -0.05) is 0 Å². The number of hydrogen-bond acceptors (Lipinski definition) is 5. The van der Waals surface area contributed by atoms with E-state index in [0.717, 1.165) is 44.6 Å². The number of nitrogens with zero attached hydrogens (tertiary/aromatic N) is 5. The summed E-state index contributed by atoms with van der Waals surface area (Å²) in [7, 11) is 0. The van der Waals surface area contributed by atoms with Crippen LogP contribution in [-0.4, -0.2) is 82.3 Å². The van der Waals surface area contributed by atoms with Crippen LogP contribution in [0.2, 0.25) is 0 Å². The number of hydrogen-bond donors (Lipinski definition) is 0. The monoisotopic (exact) mass is 371 g/mol. The zero-order chi connectivity index (χ0) is 18.7. The average Bonchev–Trinajstić information content (AvgIpc) is 3.23. The third kappa shape index (κ3) is 3.98. The molecule has 1 aromatic heterocycles. The van der Waals surface area contributed by atoms with Crippen molar-refractivity contribution in [3.05, 3.63) is 24.3 Å². The molecule has 0 saturated carbocycles. The lowest BCUT2D eigenvalue weighted by Gasteiger charge is -2.53. The molecule has 4 heterocycles. The molecule has 27 heavy (non-hydrogen) atoms. The summed E-state index contributed by atoms with van der Waals surface area (Å²) in [5, 5.41) is 0. The number of carbonyl (C=O) groups is 2. The van der Waals surface area contributed by atoms with Gasteiger partial charge in [0.05, 0.1) is 5.41 Å². The molecule has 3 aliphatic heterocycles. The molecule has 3 aliphatic rings. The van der Waals surface area contributed by atoms with Gasteiger partial charge >= 0.3 is 0 Å². The van der Waals surface area contributed by atoms with Gasteiger partial charge < -0.3 is 14.7 Å². The van der Waals surface area contributed by atoms with Crippen LogP contribution < -0.4 is 0 Å². The third-order valence-corrected chi connectivity index (χ3v) is 6.29. The van der Waals surface area contributed by atoms with Crippen molar-refractivity contribution in [2.45, 2.75) is 38.5 Å². The topological polar surface area (TPSA) is 69.6 Å². The van der Waals surface area contributed by atoms with Crippen LogP contribution in [-0.2, 0) is 16.0 Å². The quantitative estimate of drug-likeness (QED) is 0.697. The number of piperidine rings is 1. The lowest BCUT2D eigenvalue weighted by Crippen LogP contribution is -2.68. The molecule has 0 aromatic carbocycles. The summed E-state index contributed by atoms with van der Waals surface area (Å²) < 4.78 is 0. The fraction of sp³-hybridized carbons (Fsp3) is 0.700. The normalized spacial score (nSPS) is 25.9. The maximum atomic E-state index is 12.8. The van der Waals surface area contributed by atoms with Gasteiger partial charge in [-0.05, 0) is 50.8 Å². The number of aryl methyl sites for hydroxylation is 1. The van der Waals surface area contributed by atoms with Crippen molar-refractivity contribution in [2.24, 2.45) is 5.41 Å². The molecule has 3 saturated heterocycles. The van der Waals surface area contributed by atoms with Gasteiger partial charge in [-0.3, -0.25) is 9.59 Å². The summed E-state index contributed by atoms with van der Waals surface area (Å²) in [6.45, 7) is 6.34. The molecule has 4 rings (SSSR count). The Morgan fingerprint density at radius 2 is 1.81 bits per heavy atom. The summed E-state index contributed by atoms with van der Waals surface area (Å²) in [4.78, 5) is 39.8. The van der Waals surface area contributed by atoms with E-state index in [9.17, 15) is 9.59 Å². The summed E-state index contributed by atoms with van der Waals surface area (Å²) in [6.07, 6.45) is 10.5. The van der Waals surface area contributed by atoms with Crippen LogP contribution in [0.1, 0.15) is 37.7 Å². The molecule has 0 N–H and O–H groups in total. The maximum absolute atomic E-state index is 12.8. The van der Waals surface area contributed by atoms with Crippen LogP contribution in [0.5, 0.6) is 0 Å². The van der Waals surface area contributed by atoms with E-state index < -0.39 is 0 Å². The molecule has 0 bridgehead atoms. The van der Waals surface area contributed by atoms with Gasteiger partial charge in [-0.15, -0.1) is 0 Å². The number of carbonyl (C=O) groups excluding carboxylic acids is 2. The largest absolute Gasteiger partial charge is 0.342 e. The van der Waals surface area contributed by atoms with E-state index in [0.29, 0.717) is 19.4 Å². The number of aromatic nitrogens is 2. The first kappa shape index (κ1) is 18.3. The molecule has 7 nitrogen and oxygen atoms in total. The van der Waals surface area contributed by atoms with Gasteiger partial charge in [0, 0.05) is 51.5 Å². The van der Waals surface area contributed by atoms with Crippen molar-refractivity contribution in [3.8, 4) is 0 Å². The summed E-state index contributed by atoms with van der Waals surface area (Å²) >= 11 is 0. The Bertz CT molecular complexity index is 676. The lowest BCUT2D eigenvalue weighted by molar-refractivity contribution is -0.168. The van der Waals surface area contributed by atoms with Crippen molar-refractivity contribution < 1.29 is 9.59 Å². The Labute approximate surface area is 160 Å². The average molecular weight is 371 g/mol. The van der Waals surface area contributed by atoms with E-state index in [1.54, 1.807) is 12.4 Å². The van der Waals surface area contributed by atoms with Crippen LogP contribution in [0.15, 0.2) is 18.7 Å². The summed E-state index contributed by atoms with van der Waals surface area (Å²) in [6, 6.07) is 0. The van der Waals surface area contributed by atoms with Crippen LogP contribution in [0.25, 0.3) is 0 Å². The smallest absolute Gasteiger partial charge is 0.232 e. The number of rotatable bonds is 6. The molecular weight excluding hydrogens is 342 g/mol. The highest BCUT2D eigenvalue weighted by Crippen LogP contribution is 2.40. The minimum absolute atomic E-state index is 0.140. The zero-order valence-corrected chi connectivity index (χ0v) is 16.0. The van der Waals surface area contributed by atoms with Crippen molar-refractivity contribution in [1.29, 1.82) is 0 Å². The predicted molar refractivity (Wildman–Crippen MR) is 101 cm³/mol. The SMILES string of the molecule is O=C(CCc1cncnc1)N1CCCC2(C1)CN(CCN1CCCC1)C2=O. The summed E-state index contributed by atoms with van der Waals surface area (Å²) in [5.74, 6) is 0.400. The van der Waals surface area contributed by atoms with Crippen LogP contribution >= 0.6 is 0 Å². The second-order valence-electron chi connectivity index (χ2n) is 8.22. The van der Waals surface area contributed by atoms with Gasteiger partial charge in [0.2, 0.25) is 11.8 Å². The van der Waals surface area contributed by atoms with Gasteiger partial charge in [0.15, 0.2) is 0 Å². The highest BCUT2D eigenvalue weighted by atomic mass is 16.2. The molecule has 1 spiro atoms. The van der Waals surface area contributed by atoms with Gasteiger partial charge in [-0.2, -0.15) is 0 Å². The molecule has 0 radical (unpaired) electrons. The van der Waals surface area contributed by atoms with Crippen LogP contribution in [0, 0.1) is 5.41 Å². The first-order valence-electron chi connectivity index (χ1n) is 10.2. The van der Waals surface area contributed by atoms with E-state index in [4.69, 9.17) is 0 Å². The van der Waals surface area contributed by atoms with Crippen molar-refractivity contribution >= 4 is 11.8 Å². The highest BCUT2D eigenvalue weighted by molar-refractivity contribution is 5.90. The first-order chi connectivity index (χ1) is 13.2. The zero-order valence-electron chi connectivity index (χ0n) is 16.0.